The SMILES string of the molecule is CC(N)Cc1ccc(N)c(S)c1. The molecule has 0 radical (unpaired) electrons. The molecule has 1 unspecified atom stereocenters. The molecule has 0 aromatic heterocycles. The van der Waals surface area contributed by atoms with Crippen LogP contribution in [0.3, 0.4) is 0 Å². The first-order chi connectivity index (χ1) is 5.59. The zero-order chi connectivity index (χ0) is 9.14. The number of rotatable bonds is 2. The predicted molar refractivity (Wildman–Crippen MR) is 55.5 cm³/mol. The molecule has 1 aromatic carbocycles. The Balaban J connectivity index is 2.82. The third kappa shape index (κ3) is 2.43. The predicted octanol–water partition coefficient (Wildman–Crippen LogP) is 1.45. The van der Waals surface area contributed by atoms with Crippen LogP contribution in [0.5, 0.6) is 0 Å². The van der Waals surface area contributed by atoms with Gasteiger partial charge in [-0.05, 0) is 31.0 Å². The Hall–Kier alpha value is -0.670. The van der Waals surface area contributed by atoms with Gasteiger partial charge < -0.3 is 11.5 Å². The lowest BCUT2D eigenvalue weighted by molar-refractivity contribution is 0.737. The molecule has 0 bridgehead atoms. The van der Waals surface area contributed by atoms with Crippen LogP contribution in [0.4, 0.5) is 5.69 Å². The van der Waals surface area contributed by atoms with Crippen molar-refractivity contribution >= 4 is 18.3 Å². The maximum absolute atomic E-state index is 5.66. The van der Waals surface area contributed by atoms with Crippen molar-refractivity contribution in [1.82, 2.24) is 0 Å². The summed E-state index contributed by atoms with van der Waals surface area (Å²) in [7, 11) is 0. The Morgan fingerprint density at radius 3 is 2.67 bits per heavy atom. The molecule has 1 aromatic rings. The number of nitrogen functional groups attached to an aromatic ring is 1. The molecule has 1 atom stereocenters. The second-order valence-electron chi connectivity index (χ2n) is 3.07. The molecule has 0 saturated heterocycles. The molecular formula is C9H14N2S. The molecule has 0 aliphatic carbocycles. The summed E-state index contributed by atoms with van der Waals surface area (Å²) in [6.45, 7) is 1.98. The van der Waals surface area contributed by atoms with Gasteiger partial charge in [0.15, 0.2) is 0 Å². The number of benzene rings is 1. The van der Waals surface area contributed by atoms with Crippen molar-refractivity contribution in [3.05, 3.63) is 23.8 Å². The molecule has 2 nitrogen and oxygen atoms in total. The van der Waals surface area contributed by atoms with E-state index in [1.807, 2.05) is 25.1 Å². The molecule has 0 heterocycles. The summed E-state index contributed by atoms with van der Waals surface area (Å²) in [4.78, 5) is 0.827. The quantitative estimate of drug-likeness (QED) is 0.479. The van der Waals surface area contributed by atoms with Gasteiger partial charge in [0.25, 0.3) is 0 Å². The van der Waals surface area contributed by atoms with Crippen molar-refractivity contribution in [3.8, 4) is 0 Å². The Morgan fingerprint density at radius 1 is 1.50 bits per heavy atom. The molecule has 0 aliphatic rings. The van der Waals surface area contributed by atoms with Gasteiger partial charge in [-0.15, -0.1) is 12.6 Å². The summed E-state index contributed by atoms with van der Waals surface area (Å²) < 4.78 is 0. The Labute approximate surface area is 78.4 Å². The molecule has 0 fully saturated rings. The second kappa shape index (κ2) is 3.83. The summed E-state index contributed by atoms with van der Waals surface area (Å²) in [6.07, 6.45) is 0.869. The molecule has 0 spiro atoms. The van der Waals surface area contributed by atoms with E-state index < -0.39 is 0 Å². The monoisotopic (exact) mass is 182 g/mol. The van der Waals surface area contributed by atoms with Crippen molar-refractivity contribution in [3.63, 3.8) is 0 Å². The average molecular weight is 182 g/mol. The van der Waals surface area contributed by atoms with Gasteiger partial charge in [0.1, 0.15) is 0 Å². The molecule has 1 rings (SSSR count). The highest BCUT2D eigenvalue weighted by molar-refractivity contribution is 7.80. The van der Waals surface area contributed by atoms with E-state index >= 15 is 0 Å². The highest BCUT2D eigenvalue weighted by atomic mass is 32.1. The molecule has 0 aliphatic heterocycles. The first-order valence-electron chi connectivity index (χ1n) is 3.92. The van der Waals surface area contributed by atoms with Crippen LogP contribution < -0.4 is 11.5 Å². The van der Waals surface area contributed by atoms with E-state index in [0.29, 0.717) is 5.69 Å². The van der Waals surface area contributed by atoms with Gasteiger partial charge in [0, 0.05) is 16.6 Å². The highest BCUT2D eigenvalue weighted by Gasteiger charge is 1.99. The van der Waals surface area contributed by atoms with Crippen LogP contribution in [-0.4, -0.2) is 6.04 Å². The van der Waals surface area contributed by atoms with Gasteiger partial charge in [-0.3, -0.25) is 0 Å². The molecule has 66 valence electrons. The Morgan fingerprint density at radius 2 is 2.17 bits per heavy atom. The van der Waals surface area contributed by atoms with Crippen LogP contribution in [0.2, 0.25) is 0 Å². The molecular weight excluding hydrogens is 168 g/mol. The van der Waals surface area contributed by atoms with E-state index in [1.165, 1.54) is 5.56 Å². The third-order valence-electron chi connectivity index (χ3n) is 1.65. The normalized spacial score (nSPS) is 12.9. The van der Waals surface area contributed by atoms with Crippen LogP contribution in [-0.2, 0) is 6.42 Å². The summed E-state index contributed by atoms with van der Waals surface area (Å²) >= 11 is 4.22. The van der Waals surface area contributed by atoms with Crippen LogP contribution in [0.25, 0.3) is 0 Å². The third-order valence-corrected chi connectivity index (χ3v) is 2.04. The highest BCUT2D eigenvalue weighted by Crippen LogP contribution is 2.18. The molecule has 0 amide bonds. The van der Waals surface area contributed by atoms with Crippen LogP contribution in [0, 0.1) is 0 Å². The smallest absolute Gasteiger partial charge is 0.0449 e. The summed E-state index contributed by atoms with van der Waals surface area (Å²) in [6, 6.07) is 5.99. The van der Waals surface area contributed by atoms with Crippen molar-refractivity contribution in [1.29, 1.82) is 0 Å². The largest absolute Gasteiger partial charge is 0.398 e. The van der Waals surface area contributed by atoms with Crippen LogP contribution in [0.1, 0.15) is 12.5 Å². The standard InChI is InChI=1S/C9H14N2S/c1-6(10)4-7-2-3-8(11)9(12)5-7/h2-3,5-6,12H,4,10-11H2,1H3. The second-order valence-corrected chi connectivity index (χ2v) is 3.56. The minimum absolute atomic E-state index is 0.182. The van der Waals surface area contributed by atoms with Gasteiger partial charge in [-0.2, -0.15) is 0 Å². The summed E-state index contributed by atoms with van der Waals surface area (Å²) in [5.41, 5.74) is 13.2. The topological polar surface area (TPSA) is 52.0 Å². The summed E-state index contributed by atoms with van der Waals surface area (Å²) in [5, 5.41) is 0. The number of anilines is 1. The maximum atomic E-state index is 5.66. The van der Waals surface area contributed by atoms with Gasteiger partial charge in [-0.25, -0.2) is 0 Å². The van der Waals surface area contributed by atoms with Gasteiger partial charge in [0.2, 0.25) is 0 Å². The van der Waals surface area contributed by atoms with Gasteiger partial charge in [0.05, 0.1) is 0 Å². The first-order valence-corrected chi connectivity index (χ1v) is 4.37. The van der Waals surface area contributed by atoms with Crippen LogP contribution in [0.15, 0.2) is 23.1 Å². The number of nitrogens with two attached hydrogens (primary N) is 2. The van der Waals surface area contributed by atoms with Gasteiger partial charge >= 0.3 is 0 Å². The van der Waals surface area contributed by atoms with E-state index in [0.717, 1.165) is 11.3 Å². The fraction of sp³-hybridized carbons (Fsp3) is 0.333. The summed E-state index contributed by atoms with van der Waals surface area (Å²) in [5.74, 6) is 0. The minimum Gasteiger partial charge on any atom is -0.398 e. The Kier molecular flexibility index (Phi) is 3.00. The first kappa shape index (κ1) is 9.42. The Bertz CT molecular complexity index is 271. The number of hydrogen-bond donors (Lipinski definition) is 3. The zero-order valence-corrected chi connectivity index (χ0v) is 8.01. The zero-order valence-electron chi connectivity index (χ0n) is 7.12. The lowest BCUT2D eigenvalue weighted by Crippen LogP contribution is -2.17. The average Bonchev–Trinajstić information content (AvgIpc) is 1.96. The van der Waals surface area contributed by atoms with Crippen molar-refractivity contribution < 1.29 is 0 Å². The van der Waals surface area contributed by atoms with E-state index in [-0.39, 0.29) is 6.04 Å². The lowest BCUT2D eigenvalue weighted by Gasteiger charge is -2.06. The van der Waals surface area contributed by atoms with E-state index in [2.05, 4.69) is 12.6 Å². The lowest BCUT2D eigenvalue weighted by atomic mass is 10.1. The van der Waals surface area contributed by atoms with Crippen molar-refractivity contribution in [2.24, 2.45) is 5.73 Å². The molecule has 0 saturated carbocycles. The number of thiol groups is 1. The molecule has 4 N–H and O–H groups in total. The fourth-order valence-corrected chi connectivity index (χ4v) is 1.33. The van der Waals surface area contributed by atoms with Crippen molar-refractivity contribution in [2.45, 2.75) is 24.3 Å². The minimum atomic E-state index is 0.182. The van der Waals surface area contributed by atoms with Crippen molar-refractivity contribution in [2.75, 3.05) is 5.73 Å². The van der Waals surface area contributed by atoms with Gasteiger partial charge in [-0.1, -0.05) is 6.07 Å². The molecule has 12 heavy (non-hydrogen) atoms. The van der Waals surface area contributed by atoms with E-state index in [4.69, 9.17) is 11.5 Å². The number of hydrogen-bond acceptors (Lipinski definition) is 3. The maximum Gasteiger partial charge on any atom is 0.0449 e. The van der Waals surface area contributed by atoms with E-state index in [9.17, 15) is 0 Å². The van der Waals surface area contributed by atoms with E-state index in [1.54, 1.807) is 0 Å². The van der Waals surface area contributed by atoms with Crippen LogP contribution >= 0.6 is 12.6 Å². The molecule has 3 heteroatoms. The fourth-order valence-electron chi connectivity index (χ4n) is 1.09.